The summed E-state index contributed by atoms with van der Waals surface area (Å²) in [6.45, 7) is 7.58. The van der Waals surface area contributed by atoms with Crippen molar-refractivity contribution in [2.45, 2.75) is 51.7 Å². The second-order valence-corrected chi connectivity index (χ2v) is 9.14. The monoisotopic (exact) mass is 445 g/mol. The second kappa shape index (κ2) is 7.24. The van der Waals surface area contributed by atoms with Gasteiger partial charge in [-0.1, -0.05) is 0 Å². The number of benzene rings is 1. The number of aromatic amines is 1. The minimum absolute atomic E-state index is 0.425. The quantitative estimate of drug-likeness (QED) is 0.450. The average Bonchev–Trinajstić information content (AvgIpc) is 3.13. The van der Waals surface area contributed by atoms with Gasteiger partial charge in [0.1, 0.15) is 5.69 Å². The molecular weight excluding hydrogens is 418 g/mol. The molecule has 170 valence electrons. The van der Waals surface area contributed by atoms with Crippen LogP contribution in [0.1, 0.15) is 42.2 Å². The van der Waals surface area contributed by atoms with Crippen LogP contribution in [0.3, 0.4) is 0 Å². The van der Waals surface area contributed by atoms with Crippen LogP contribution in [-0.4, -0.2) is 64.2 Å². The van der Waals surface area contributed by atoms with Crippen molar-refractivity contribution in [3.8, 4) is 22.9 Å². The molecule has 2 fully saturated rings. The number of carbonyl (C=O) groups is 1. The number of aromatic nitrogens is 7. The van der Waals surface area contributed by atoms with Gasteiger partial charge in [0, 0.05) is 41.7 Å². The van der Waals surface area contributed by atoms with Crippen LogP contribution in [0.5, 0.6) is 0 Å². The van der Waals surface area contributed by atoms with Crippen molar-refractivity contribution in [2.24, 2.45) is 5.73 Å². The Hall–Kier alpha value is -3.53. The van der Waals surface area contributed by atoms with E-state index in [0.29, 0.717) is 22.8 Å². The summed E-state index contributed by atoms with van der Waals surface area (Å²) in [7, 11) is 0. The number of hydrogen-bond donors (Lipinski definition) is 2. The van der Waals surface area contributed by atoms with Crippen LogP contribution in [-0.2, 0) is 13.1 Å². The summed E-state index contributed by atoms with van der Waals surface area (Å²) >= 11 is 0. The second-order valence-electron chi connectivity index (χ2n) is 9.14. The zero-order chi connectivity index (χ0) is 22.7. The molecule has 0 atom stereocenters. The highest BCUT2D eigenvalue weighted by Gasteiger charge is 2.53. The van der Waals surface area contributed by atoms with Crippen LogP contribution < -0.4 is 5.73 Å². The predicted octanol–water partition coefficient (Wildman–Crippen LogP) is 2.35. The lowest BCUT2D eigenvalue weighted by Crippen LogP contribution is -2.51. The maximum absolute atomic E-state index is 12.1. The number of nitrogens with one attached hydrogen (secondary N) is 1. The third kappa shape index (κ3) is 3.24. The van der Waals surface area contributed by atoms with Gasteiger partial charge in [-0.2, -0.15) is 15.3 Å². The van der Waals surface area contributed by atoms with E-state index in [1.165, 1.54) is 19.3 Å². The van der Waals surface area contributed by atoms with Crippen molar-refractivity contribution in [3.63, 3.8) is 0 Å². The lowest BCUT2D eigenvalue weighted by Gasteiger charge is -2.42. The van der Waals surface area contributed by atoms with Crippen molar-refractivity contribution in [1.82, 2.24) is 39.6 Å². The lowest BCUT2D eigenvalue weighted by molar-refractivity contribution is 0.0649. The molecule has 1 amide bonds. The molecule has 10 heteroatoms. The summed E-state index contributed by atoms with van der Waals surface area (Å²) in [6.07, 6.45) is 5.77. The Labute approximate surface area is 190 Å². The predicted molar refractivity (Wildman–Crippen MR) is 123 cm³/mol. The Bertz CT molecular complexity index is 1370. The maximum atomic E-state index is 12.1. The average molecular weight is 446 g/mol. The molecule has 4 heterocycles. The minimum Gasteiger partial charge on any atom is -0.366 e. The van der Waals surface area contributed by atoms with Crippen LogP contribution in [0.25, 0.3) is 33.8 Å². The first-order valence-electron chi connectivity index (χ1n) is 11.5. The zero-order valence-electron chi connectivity index (χ0n) is 18.9. The Morgan fingerprint density at radius 1 is 1.18 bits per heavy atom. The molecule has 1 spiro atoms. The highest BCUT2D eigenvalue weighted by atomic mass is 16.1. The van der Waals surface area contributed by atoms with Gasteiger partial charge in [0.25, 0.3) is 0 Å². The summed E-state index contributed by atoms with van der Waals surface area (Å²) in [4.78, 5) is 19.4. The van der Waals surface area contributed by atoms with Gasteiger partial charge in [-0.25, -0.2) is 4.98 Å². The molecule has 0 bridgehead atoms. The minimum atomic E-state index is -0.481. The highest BCUT2D eigenvalue weighted by Crippen LogP contribution is 2.51. The number of nitrogens with zero attached hydrogens (tertiary/aromatic N) is 7. The number of hydrogen-bond acceptors (Lipinski definition) is 6. The summed E-state index contributed by atoms with van der Waals surface area (Å²) in [5.74, 6) is 0.647. The molecule has 0 radical (unpaired) electrons. The first kappa shape index (κ1) is 20.1. The van der Waals surface area contributed by atoms with Crippen LogP contribution >= 0.6 is 0 Å². The van der Waals surface area contributed by atoms with Crippen molar-refractivity contribution < 1.29 is 4.79 Å². The molecule has 10 nitrogen and oxygen atoms in total. The first-order chi connectivity index (χ1) is 16.0. The van der Waals surface area contributed by atoms with Crippen LogP contribution in [0.2, 0.25) is 0 Å². The molecule has 33 heavy (non-hydrogen) atoms. The number of fused-ring (bicyclic) bond motifs is 1. The molecule has 6 rings (SSSR count). The summed E-state index contributed by atoms with van der Waals surface area (Å²) < 4.78 is 3.84. The third-order valence-corrected chi connectivity index (χ3v) is 7.15. The largest absolute Gasteiger partial charge is 0.366 e. The smallest absolute Gasteiger partial charge is 0.248 e. The van der Waals surface area contributed by atoms with Gasteiger partial charge in [0.2, 0.25) is 5.91 Å². The fourth-order valence-electron chi connectivity index (χ4n) is 5.02. The van der Waals surface area contributed by atoms with Gasteiger partial charge < -0.3 is 5.73 Å². The molecule has 3 N–H and O–H groups in total. The van der Waals surface area contributed by atoms with Gasteiger partial charge in [0.05, 0.1) is 24.0 Å². The van der Waals surface area contributed by atoms with E-state index in [2.05, 4.69) is 25.3 Å². The Morgan fingerprint density at radius 3 is 2.73 bits per heavy atom. The van der Waals surface area contributed by atoms with Gasteiger partial charge in [-0.15, -0.1) is 0 Å². The van der Waals surface area contributed by atoms with E-state index >= 15 is 0 Å². The van der Waals surface area contributed by atoms with Crippen molar-refractivity contribution in [1.29, 1.82) is 0 Å². The fourth-order valence-corrected chi connectivity index (χ4v) is 5.02. The topological polar surface area (TPSA) is 124 Å². The first-order valence-corrected chi connectivity index (χ1v) is 11.5. The van der Waals surface area contributed by atoms with Crippen molar-refractivity contribution >= 4 is 16.8 Å². The molecule has 2 aliphatic rings. The number of likely N-dealkylation sites (tertiary alicyclic amines) is 1. The van der Waals surface area contributed by atoms with Gasteiger partial charge in [-0.3, -0.25) is 24.2 Å². The van der Waals surface area contributed by atoms with Crippen molar-refractivity contribution in [3.05, 3.63) is 35.7 Å². The van der Waals surface area contributed by atoms with E-state index in [1.807, 2.05) is 41.5 Å². The van der Waals surface area contributed by atoms with Crippen molar-refractivity contribution in [2.75, 3.05) is 13.1 Å². The zero-order valence-corrected chi connectivity index (χ0v) is 18.9. The van der Waals surface area contributed by atoms with Gasteiger partial charge >= 0.3 is 0 Å². The molecule has 1 saturated carbocycles. The molecule has 1 aromatic carbocycles. The van der Waals surface area contributed by atoms with Gasteiger partial charge in [-0.05, 0) is 51.3 Å². The van der Waals surface area contributed by atoms with E-state index in [9.17, 15) is 4.79 Å². The number of nitrogens with two attached hydrogens (primary N) is 1. The van der Waals surface area contributed by atoms with E-state index in [-0.39, 0.29) is 0 Å². The normalized spacial score (nSPS) is 17.0. The maximum Gasteiger partial charge on any atom is 0.248 e. The molecule has 0 unspecified atom stereocenters. The molecule has 1 aliphatic carbocycles. The summed E-state index contributed by atoms with van der Waals surface area (Å²) in [5, 5.41) is 17.5. The number of aryl methyl sites for hydroxylation is 2. The van der Waals surface area contributed by atoms with Crippen LogP contribution in [0, 0.1) is 6.92 Å². The van der Waals surface area contributed by atoms with Crippen LogP contribution in [0.4, 0.5) is 0 Å². The number of amides is 1. The number of carbonyl (C=O) groups excluding carboxylic acids is 1. The molecule has 4 aromatic rings. The molecule has 1 aliphatic heterocycles. The third-order valence-electron chi connectivity index (χ3n) is 7.15. The fraction of sp³-hybridized carbons (Fsp3) is 0.435. The van der Waals surface area contributed by atoms with E-state index in [0.717, 1.165) is 54.0 Å². The Morgan fingerprint density at radius 2 is 2.03 bits per heavy atom. The SMILES string of the molecule is CCn1nc(C)cc1-c1n[nH]c(-c2cc(C(N)=O)cc3c2cnn3CCN2CCC23CC3)n1. The number of H-pyrrole nitrogens is 1. The molecule has 1 saturated heterocycles. The summed E-state index contributed by atoms with van der Waals surface area (Å²) in [5.41, 5.74) is 9.96. The Kier molecular flexibility index (Phi) is 4.41. The Balaban J connectivity index is 1.37. The summed E-state index contributed by atoms with van der Waals surface area (Å²) in [6, 6.07) is 5.55. The molecule has 3 aromatic heterocycles. The van der Waals surface area contributed by atoms with Crippen LogP contribution in [0.15, 0.2) is 24.4 Å². The lowest BCUT2D eigenvalue weighted by atomic mass is 10.0. The number of primary amides is 1. The molecular formula is C23H27N9O. The standard InChI is InChI=1S/C23H27N9O/c1-3-31-19(10-14(2)29-31)22-26-21(27-28-22)16-11-15(20(24)33)12-18-17(16)13-25-32(18)9-8-30-7-6-23(30)4-5-23/h10-13H,3-9H2,1-2H3,(H2,24,33)(H,26,27,28). The van der Waals surface area contributed by atoms with Gasteiger partial charge in [0.15, 0.2) is 11.6 Å². The van der Waals surface area contributed by atoms with E-state index < -0.39 is 5.91 Å². The van der Waals surface area contributed by atoms with E-state index in [1.54, 1.807) is 6.07 Å². The number of rotatable bonds is 7. The van der Waals surface area contributed by atoms with E-state index in [4.69, 9.17) is 10.7 Å². The highest BCUT2D eigenvalue weighted by molar-refractivity contribution is 6.02.